The number of halogens is 2. The lowest BCUT2D eigenvalue weighted by molar-refractivity contribution is 0.463. The van der Waals surface area contributed by atoms with Crippen molar-refractivity contribution in [2.24, 2.45) is 5.73 Å². The molecule has 0 fully saturated rings. The van der Waals surface area contributed by atoms with Gasteiger partial charge in [-0.25, -0.2) is 0 Å². The summed E-state index contributed by atoms with van der Waals surface area (Å²) in [7, 11) is 0. The monoisotopic (exact) mass is 260 g/mol. The quantitative estimate of drug-likeness (QED) is 0.924. The molecule has 0 amide bonds. The molecule has 16 heavy (non-hydrogen) atoms. The van der Waals surface area contributed by atoms with Gasteiger partial charge in [0.25, 0.3) is 0 Å². The first-order valence-corrected chi connectivity index (χ1v) is 4.55. The van der Waals surface area contributed by atoms with Gasteiger partial charge in [-0.05, 0) is 24.3 Å². The minimum absolute atomic E-state index is 0. The number of furan rings is 1. The van der Waals surface area contributed by atoms with Gasteiger partial charge in [-0.2, -0.15) is 0 Å². The smallest absolute Gasteiger partial charge is 0.120 e. The molecule has 1 unspecified atom stereocenters. The summed E-state index contributed by atoms with van der Waals surface area (Å²) in [6.07, 6.45) is 4.10. The predicted molar refractivity (Wildman–Crippen MR) is 68.1 cm³/mol. The number of aromatic nitrogens is 1. The van der Waals surface area contributed by atoms with Gasteiger partial charge < -0.3 is 10.2 Å². The van der Waals surface area contributed by atoms with Gasteiger partial charge in [-0.3, -0.25) is 4.98 Å². The molecule has 2 rings (SSSR count). The normalized spacial score (nSPS) is 11.1. The van der Waals surface area contributed by atoms with E-state index in [1.54, 1.807) is 12.5 Å². The third-order valence-electron chi connectivity index (χ3n) is 2.06. The summed E-state index contributed by atoms with van der Waals surface area (Å²) in [5.74, 6) is 0.802. The van der Waals surface area contributed by atoms with Crippen LogP contribution in [0.5, 0.6) is 0 Å². The van der Waals surface area contributed by atoms with Gasteiger partial charge in [0, 0.05) is 18.3 Å². The van der Waals surface area contributed by atoms with Gasteiger partial charge in [0.15, 0.2) is 0 Å². The molecule has 2 heterocycles. The number of nitrogens with zero attached hydrogens (tertiary/aromatic N) is 1. The molecule has 5 heteroatoms. The SMILES string of the molecule is Cl.Cl.NC(Cc1ccccn1)c1ccco1. The van der Waals surface area contributed by atoms with Crippen molar-refractivity contribution in [1.82, 2.24) is 4.98 Å². The zero-order chi connectivity index (χ0) is 9.80. The van der Waals surface area contributed by atoms with Crippen LogP contribution in [0.15, 0.2) is 47.2 Å². The Morgan fingerprint density at radius 3 is 2.56 bits per heavy atom. The van der Waals surface area contributed by atoms with Crippen LogP contribution in [0.4, 0.5) is 0 Å². The predicted octanol–water partition coefficient (Wildman–Crippen LogP) is 2.76. The summed E-state index contributed by atoms with van der Waals surface area (Å²) in [5.41, 5.74) is 6.92. The molecule has 0 aliphatic carbocycles. The van der Waals surface area contributed by atoms with Crippen LogP contribution in [-0.4, -0.2) is 4.98 Å². The first-order valence-electron chi connectivity index (χ1n) is 4.55. The zero-order valence-electron chi connectivity index (χ0n) is 8.58. The van der Waals surface area contributed by atoms with Gasteiger partial charge in [-0.1, -0.05) is 6.07 Å². The number of pyridine rings is 1. The van der Waals surface area contributed by atoms with Crippen molar-refractivity contribution >= 4 is 24.8 Å². The highest BCUT2D eigenvalue weighted by molar-refractivity contribution is 5.85. The van der Waals surface area contributed by atoms with E-state index in [-0.39, 0.29) is 30.9 Å². The van der Waals surface area contributed by atoms with E-state index in [0.29, 0.717) is 6.42 Å². The third kappa shape index (κ3) is 3.85. The van der Waals surface area contributed by atoms with Gasteiger partial charge in [0.2, 0.25) is 0 Å². The molecule has 0 radical (unpaired) electrons. The average molecular weight is 261 g/mol. The molecule has 3 nitrogen and oxygen atoms in total. The van der Waals surface area contributed by atoms with E-state index in [4.69, 9.17) is 10.2 Å². The van der Waals surface area contributed by atoms with E-state index in [1.165, 1.54) is 0 Å². The molecule has 1 atom stereocenters. The van der Waals surface area contributed by atoms with Crippen molar-refractivity contribution in [3.63, 3.8) is 0 Å². The summed E-state index contributed by atoms with van der Waals surface area (Å²) in [5, 5.41) is 0. The maximum Gasteiger partial charge on any atom is 0.120 e. The molecule has 0 bridgehead atoms. The van der Waals surface area contributed by atoms with E-state index in [1.807, 2.05) is 30.3 Å². The first-order chi connectivity index (χ1) is 6.86. The molecule has 0 saturated heterocycles. The van der Waals surface area contributed by atoms with Crippen molar-refractivity contribution in [1.29, 1.82) is 0 Å². The van der Waals surface area contributed by atoms with Gasteiger partial charge >= 0.3 is 0 Å². The van der Waals surface area contributed by atoms with E-state index >= 15 is 0 Å². The van der Waals surface area contributed by atoms with Crippen LogP contribution in [0.3, 0.4) is 0 Å². The lowest BCUT2D eigenvalue weighted by atomic mass is 10.1. The molecule has 0 spiro atoms. The van der Waals surface area contributed by atoms with Crippen LogP contribution in [0, 0.1) is 0 Å². The van der Waals surface area contributed by atoms with Crippen molar-refractivity contribution in [2.75, 3.05) is 0 Å². The van der Waals surface area contributed by atoms with Crippen molar-refractivity contribution in [2.45, 2.75) is 12.5 Å². The highest BCUT2D eigenvalue weighted by atomic mass is 35.5. The van der Waals surface area contributed by atoms with Crippen LogP contribution in [0.1, 0.15) is 17.5 Å². The number of nitrogens with two attached hydrogens (primary N) is 1. The van der Waals surface area contributed by atoms with Gasteiger partial charge in [0.05, 0.1) is 12.3 Å². The minimum Gasteiger partial charge on any atom is -0.468 e. The fourth-order valence-corrected chi connectivity index (χ4v) is 1.35. The number of hydrogen-bond acceptors (Lipinski definition) is 3. The fourth-order valence-electron chi connectivity index (χ4n) is 1.35. The van der Waals surface area contributed by atoms with Crippen molar-refractivity contribution in [3.05, 3.63) is 54.2 Å². The average Bonchev–Trinajstić information content (AvgIpc) is 2.72. The molecule has 2 aromatic heterocycles. The lowest BCUT2D eigenvalue weighted by Gasteiger charge is -2.07. The lowest BCUT2D eigenvalue weighted by Crippen LogP contribution is -2.13. The second kappa shape index (κ2) is 7.28. The summed E-state index contributed by atoms with van der Waals surface area (Å²) in [4.78, 5) is 4.21. The fraction of sp³-hybridized carbons (Fsp3) is 0.182. The second-order valence-electron chi connectivity index (χ2n) is 3.15. The van der Waals surface area contributed by atoms with E-state index in [9.17, 15) is 0 Å². The van der Waals surface area contributed by atoms with Crippen LogP contribution < -0.4 is 5.73 Å². The maximum absolute atomic E-state index is 5.94. The third-order valence-corrected chi connectivity index (χ3v) is 2.06. The molecule has 0 saturated carbocycles. The molecule has 0 aromatic carbocycles. The summed E-state index contributed by atoms with van der Waals surface area (Å²) in [6, 6.07) is 9.42. The Morgan fingerprint density at radius 1 is 1.19 bits per heavy atom. The van der Waals surface area contributed by atoms with Gasteiger partial charge in [0.1, 0.15) is 5.76 Å². The van der Waals surface area contributed by atoms with E-state index in [2.05, 4.69) is 4.98 Å². The van der Waals surface area contributed by atoms with E-state index < -0.39 is 0 Å². The van der Waals surface area contributed by atoms with Gasteiger partial charge in [-0.15, -0.1) is 24.8 Å². The maximum atomic E-state index is 5.94. The Bertz CT molecular complexity index is 378. The van der Waals surface area contributed by atoms with Crippen LogP contribution >= 0.6 is 24.8 Å². The van der Waals surface area contributed by atoms with Crippen molar-refractivity contribution in [3.8, 4) is 0 Å². The van der Waals surface area contributed by atoms with Crippen LogP contribution in [-0.2, 0) is 6.42 Å². The Balaban J connectivity index is 0.00000112. The first kappa shape index (κ1) is 15.0. The molecule has 2 N–H and O–H groups in total. The minimum atomic E-state index is -0.111. The molecular formula is C11H14Cl2N2O. The van der Waals surface area contributed by atoms with Crippen LogP contribution in [0.2, 0.25) is 0 Å². The van der Waals surface area contributed by atoms with Crippen molar-refractivity contribution < 1.29 is 4.42 Å². The Labute approximate surface area is 107 Å². The Morgan fingerprint density at radius 2 is 2.00 bits per heavy atom. The van der Waals surface area contributed by atoms with E-state index in [0.717, 1.165) is 11.5 Å². The molecule has 2 aromatic rings. The standard InChI is InChI=1S/C11H12N2O.2ClH/c12-10(11-5-3-7-14-11)8-9-4-1-2-6-13-9;;/h1-7,10H,8,12H2;2*1H. The molecule has 88 valence electrons. The topological polar surface area (TPSA) is 52.0 Å². The summed E-state index contributed by atoms with van der Waals surface area (Å²) >= 11 is 0. The molecular weight excluding hydrogens is 247 g/mol. The second-order valence-corrected chi connectivity index (χ2v) is 3.15. The zero-order valence-corrected chi connectivity index (χ0v) is 10.2. The Kier molecular flexibility index (Phi) is 6.81. The van der Waals surface area contributed by atoms with Crippen LogP contribution in [0.25, 0.3) is 0 Å². The summed E-state index contributed by atoms with van der Waals surface area (Å²) < 4.78 is 5.21. The Hall–Kier alpha value is -1.03. The summed E-state index contributed by atoms with van der Waals surface area (Å²) in [6.45, 7) is 0. The molecule has 0 aliphatic heterocycles. The highest BCUT2D eigenvalue weighted by Crippen LogP contribution is 2.14. The number of rotatable bonds is 3. The number of hydrogen-bond donors (Lipinski definition) is 1. The largest absolute Gasteiger partial charge is 0.468 e. The molecule has 0 aliphatic rings. The highest BCUT2D eigenvalue weighted by Gasteiger charge is 2.09.